The fourth-order valence-electron chi connectivity index (χ4n) is 1.52. The van der Waals surface area contributed by atoms with Crippen LogP contribution in [0, 0.1) is 0 Å². The first kappa shape index (κ1) is 15.2. The quantitative estimate of drug-likeness (QED) is 0.601. The number of hydrogen-bond donors (Lipinski definition) is 3. The molecule has 1 aromatic rings. The Morgan fingerprint density at radius 1 is 1.00 bits per heavy atom. The number of carbonyl (C=O) groups excluding carboxylic acids is 2. The molecule has 1 aromatic carbocycles. The summed E-state index contributed by atoms with van der Waals surface area (Å²) in [7, 11) is 0. The van der Waals surface area contributed by atoms with Crippen molar-refractivity contribution >= 4 is 11.8 Å². The number of aliphatic hydroxyl groups is 1. The Bertz CT molecular complexity index is 393. The third-order valence-electron chi connectivity index (χ3n) is 2.59. The van der Waals surface area contributed by atoms with Crippen molar-refractivity contribution in [1.29, 1.82) is 0 Å². The van der Waals surface area contributed by atoms with E-state index in [0.29, 0.717) is 25.8 Å². The first-order valence-corrected chi connectivity index (χ1v) is 6.40. The molecule has 0 aliphatic carbocycles. The lowest BCUT2D eigenvalue weighted by atomic mass is 10.2. The van der Waals surface area contributed by atoms with Gasteiger partial charge < -0.3 is 15.7 Å². The van der Waals surface area contributed by atoms with Crippen LogP contribution >= 0.6 is 0 Å². The van der Waals surface area contributed by atoms with Gasteiger partial charge >= 0.3 is 0 Å². The minimum Gasteiger partial charge on any atom is -0.396 e. The normalized spacial score (nSPS) is 9.95. The summed E-state index contributed by atoms with van der Waals surface area (Å²) in [4.78, 5) is 22.8. The van der Waals surface area contributed by atoms with Gasteiger partial charge in [0.1, 0.15) is 0 Å². The fourth-order valence-corrected chi connectivity index (χ4v) is 1.52. The summed E-state index contributed by atoms with van der Waals surface area (Å²) in [5.74, 6) is -0.373. The number of unbranched alkanes of at least 4 members (excludes halogenated alkanes) is 1. The van der Waals surface area contributed by atoms with E-state index < -0.39 is 0 Å². The molecule has 19 heavy (non-hydrogen) atoms. The second-order valence-corrected chi connectivity index (χ2v) is 4.22. The molecule has 1 rings (SSSR count). The molecule has 0 heterocycles. The summed E-state index contributed by atoms with van der Waals surface area (Å²) in [6.45, 7) is 0.537. The Kier molecular flexibility index (Phi) is 7.27. The highest BCUT2D eigenvalue weighted by Crippen LogP contribution is 1.97. The molecule has 2 amide bonds. The predicted molar refractivity (Wildman–Crippen MR) is 72.2 cm³/mol. The van der Waals surface area contributed by atoms with E-state index in [-0.39, 0.29) is 25.0 Å². The number of amides is 2. The van der Waals surface area contributed by atoms with E-state index in [4.69, 9.17) is 5.11 Å². The predicted octanol–water partition coefficient (Wildman–Crippen LogP) is 0.582. The van der Waals surface area contributed by atoms with Crippen molar-refractivity contribution in [2.75, 3.05) is 13.2 Å². The largest absolute Gasteiger partial charge is 0.396 e. The van der Waals surface area contributed by atoms with Gasteiger partial charge in [0, 0.05) is 19.6 Å². The van der Waals surface area contributed by atoms with Crippen molar-refractivity contribution in [3.05, 3.63) is 35.9 Å². The second kappa shape index (κ2) is 9.10. The molecule has 0 fully saturated rings. The number of nitrogens with one attached hydrogen (secondary N) is 2. The highest BCUT2D eigenvalue weighted by atomic mass is 16.3. The van der Waals surface area contributed by atoms with Gasteiger partial charge in [-0.3, -0.25) is 9.59 Å². The van der Waals surface area contributed by atoms with Crippen LogP contribution < -0.4 is 10.6 Å². The molecule has 0 bridgehead atoms. The van der Waals surface area contributed by atoms with E-state index in [1.807, 2.05) is 30.3 Å². The first-order chi connectivity index (χ1) is 9.22. The molecule has 0 saturated heterocycles. The van der Waals surface area contributed by atoms with Crippen LogP contribution in [0.2, 0.25) is 0 Å². The van der Waals surface area contributed by atoms with Crippen LogP contribution in [-0.4, -0.2) is 30.1 Å². The van der Waals surface area contributed by atoms with Gasteiger partial charge in [0.2, 0.25) is 11.8 Å². The molecule has 0 atom stereocenters. The van der Waals surface area contributed by atoms with E-state index in [0.717, 1.165) is 5.56 Å². The monoisotopic (exact) mass is 264 g/mol. The number of aliphatic hydroxyl groups excluding tert-OH is 1. The minimum atomic E-state index is -0.209. The third-order valence-corrected chi connectivity index (χ3v) is 2.59. The lowest BCUT2D eigenvalue weighted by Gasteiger charge is -2.07. The van der Waals surface area contributed by atoms with Crippen LogP contribution in [-0.2, 0) is 16.1 Å². The number of benzene rings is 1. The molecule has 0 saturated carbocycles. The van der Waals surface area contributed by atoms with Gasteiger partial charge in [-0.2, -0.15) is 0 Å². The Morgan fingerprint density at radius 2 is 1.74 bits per heavy atom. The van der Waals surface area contributed by atoms with Gasteiger partial charge in [0.15, 0.2) is 0 Å². The van der Waals surface area contributed by atoms with Crippen molar-refractivity contribution in [1.82, 2.24) is 10.6 Å². The molecular formula is C14H20N2O3. The molecule has 0 unspecified atom stereocenters. The van der Waals surface area contributed by atoms with Crippen molar-refractivity contribution in [2.24, 2.45) is 0 Å². The van der Waals surface area contributed by atoms with E-state index in [1.165, 1.54) is 0 Å². The van der Waals surface area contributed by atoms with Crippen LogP contribution in [0.4, 0.5) is 0 Å². The molecule has 5 nitrogen and oxygen atoms in total. The van der Waals surface area contributed by atoms with Crippen molar-refractivity contribution < 1.29 is 14.7 Å². The number of hydrogen-bond acceptors (Lipinski definition) is 3. The van der Waals surface area contributed by atoms with Crippen molar-refractivity contribution in [3.8, 4) is 0 Å². The van der Waals surface area contributed by atoms with Crippen LogP contribution in [0.25, 0.3) is 0 Å². The van der Waals surface area contributed by atoms with Gasteiger partial charge in [0.25, 0.3) is 0 Å². The summed E-state index contributed by atoms with van der Waals surface area (Å²) < 4.78 is 0. The average Bonchev–Trinajstić information content (AvgIpc) is 2.44. The van der Waals surface area contributed by atoms with Crippen LogP contribution in [0.1, 0.15) is 24.8 Å². The molecule has 0 aromatic heterocycles. The first-order valence-electron chi connectivity index (χ1n) is 6.40. The highest BCUT2D eigenvalue weighted by molar-refractivity contribution is 5.84. The highest BCUT2D eigenvalue weighted by Gasteiger charge is 2.04. The molecule has 104 valence electrons. The number of rotatable bonds is 8. The Hall–Kier alpha value is -1.88. The third kappa shape index (κ3) is 7.21. The van der Waals surface area contributed by atoms with Gasteiger partial charge in [-0.25, -0.2) is 0 Å². The van der Waals surface area contributed by atoms with Gasteiger partial charge in [-0.1, -0.05) is 30.3 Å². The van der Waals surface area contributed by atoms with Crippen LogP contribution in [0.5, 0.6) is 0 Å². The Labute approximate surface area is 113 Å². The van der Waals surface area contributed by atoms with E-state index in [2.05, 4.69) is 10.6 Å². The molecular weight excluding hydrogens is 244 g/mol. The Morgan fingerprint density at radius 3 is 2.42 bits per heavy atom. The van der Waals surface area contributed by atoms with E-state index in [9.17, 15) is 9.59 Å². The molecule has 0 aliphatic heterocycles. The lowest BCUT2D eigenvalue weighted by molar-refractivity contribution is -0.126. The summed E-state index contributed by atoms with van der Waals surface area (Å²) in [5, 5.41) is 13.9. The zero-order chi connectivity index (χ0) is 13.9. The smallest absolute Gasteiger partial charge is 0.239 e. The molecule has 0 spiro atoms. The molecule has 3 N–H and O–H groups in total. The summed E-state index contributed by atoms with van der Waals surface area (Å²) in [6.07, 6.45) is 1.58. The summed E-state index contributed by atoms with van der Waals surface area (Å²) in [5.41, 5.74) is 1.02. The van der Waals surface area contributed by atoms with Crippen LogP contribution in [0.15, 0.2) is 30.3 Å². The second-order valence-electron chi connectivity index (χ2n) is 4.22. The minimum absolute atomic E-state index is 0.00914. The maximum atomic E-state index is 11.5. The Balaban J connectivity index is 2.12. The average molecular weight is 264 g/mol. The van der Waals surface area contributed by atoms with Gasteiger partial charge in [0.05, 0.1) is 6.54 Å². The zero-order valence-electron chi connectivity index (χ0n) is 10.9. The van der Waals surface area contributed by atoms with Gasteiger partial charge in [-0.05, 0) is 18.4 Å². The number of carbonyl (C=O) groups is 2. The van der Waals surface area contributed by atoms with Gasteiger partial charge in [-0.15, -0.1) is 0 Å². The van der Waals surface area contributed by atoms with Crippen LogP contribution in [0.3, 0.4) is 0 Å². The fraction of sp³-hybridized carbons (Fsp3) is 0.429. The molecule has 0 aliphatic rings. The summed E-state index contributed by atoms with van der Waals surface area (Å²) >= 11 is 0. The molecule has 0 radical (unpaired) electrons. The lowest BCUT2D eigenvalue weighted by Crippen LogP contribution is -2.36. The van der Waals surface area contributed by atoms with E-state index >= 15 is 0 Å². The topological polar surface area (TPSA) is 78.4 Å². The maximum Gasteiger partial charge on any atom is 0.239 e. The van der Waals surface area contributed by atoms with Crippen molar-refractivity contribution in [3.63, 3.8) is 0 Å². The zero-order valence-corrected chi connectivity index (χ0v) is 10.9. The SMILES string of the molecule is O=C(CCCCO)NCC(=O)NCc1ccccc1. The summed E-state index contributed by atoms with van der Waals surface area (Å²) in [6, 6.07) is 9.58. The van der Waals surface area contributed by atoms with E-state index in [1.54, 1.807) is 0 Å². The molecule has 5 heteroatoms. The maximum absolute atomic E-state index is 11.5. The van der Waals surface area contributed by atoms with Crippen molar-refractivity contribution in [2.45, 2.75) is 25.8 Å². The standard InChI is InChI=1S/C14H20N2O3/c17-9-5-4-8-13(18)16-11-14(19)15-10-12-6-2-1-3-7-12/h1-3,6-7,17H,4-5,8-11H2,(H,15,19)(H,16,18).